The average Bonchev–Trinajstić information content (AvgIpc) is 3.23. The maximum Gasteiger partial charge on any atom is 0.309 e. The lowest BCUT2D eigenvalue weighted by molar-refractivity contribution is -0.150. The molecule has 1 aromatic heterocycles. The number of aromatic nitrogens is 2. The van der Waals surface area contributed by atoms with Gasteiger partial charge in [-0.2, -0.15) is 5.10 Å². The molecule has 0 unspecified atom stereocenters. The minimum absolute atomic E-state index is 0.0911. The highest BCUT2D eigenvalue weighted by Crippen LogP contribution is 2.67. The second kappa shape index (κ2) is 10.1. The fourth-order valence-corrected chi connectivity index (χ4v) is 8.01. The van der Waals surface area contributed by atoms with Gasteiger partial charge in [0.2, 0.25) is 0 Å². The summed E-state index contributed by atoms with van der Waals surface area (Å²) in [5, 5.41) is 14.8. The Kier molecular flexibility index (Phi) is 7.35. The molecule has 3 atom stereocenters. The molecule has 3 saturated carbocycles. The molecule has 1 aromatic carbocycles. The Hall–Kier alpha value is -2.09. The number of amides is 1. The number of nitrogens with zero attached hydrogens (tertiary/aromatic N) is 3. The Bertz CT molecular complexity index is 1310. The molecule has 7 nitrogen and oxygen atoms in total. The minimum Gasteiger partial charge on any atom is -0.481 e. The van der Waals surface area contributed by atoms with E-state index in [0.29, 0.717) is 37.5 Å². The largest absolute Gasteiger partial charge is 0.481 e. The quantitative estimate of drug-likeness (QED) is 0.345. The molecular formula is C29H34Cl3N3O4. The van der Waals surface area contributed by atoms with Crippen LogP contribution in [0.3, 0.4) is 0 Å². The first-order chi connectivity index (χ1) is 18.2. The van der Waals surface area contributed by atoms with Crippen LogP contribution in [-0.2, 0) is 4.79 Å². The van der Waals surface area contributed by atoms with Crippen molar-refractivity contribution in [2.75, 3.05) is 6.54 Å². The summed E-state index contributed by atoms with van der Waals surface area (Å²) >= 11 is 19.6. The standard InChI is InChI=1S/C29H34Cl3N3O4/c1-15-9-21(30)24(22(31)10-15)23(36)14-34(17-11-19-20(12-17)28(19,2)3)26(37)18-13-33-35(25(18)32)16-5-7-29(4,8-6-16)27(38)39/h9-10,13,16-17,19-20H,5-8,11-12,14H2,1-4H3,(H,38,39)/t16-,17-,19+,20-,29-. The Morgan fingerprint density at radius 3 is 2.15 bits per heavy atom. The van der Waals surface area contributed by atoms with Gasteiger partial charge >= 0.3 is 5.97 Å². The van der Waals surface area contributed by atoms with E-state index in [4.69, 9.17) is 34.8 Å². The van der Waals surface area contributed by atoms with E-state index in [-0.39, 0.29) is 62.1 Å². The number of hydrogen-bond donors (Lipinski definition) is 1. The summed E-state index contributed by atoms with van der Waals surface area (Å²) < 4.78 is 1.64. The number of Topliss-reactive ketones (excluding diaryl/α,β-unsaturated/α-hetero) is 1. The molecule has 3 fully saturated rings. The molecule has 0 saturated heterocycles. The van der Waals surface area contributed by atoms with E-state index in [1.807, 2.05) is 6.92 Å². The first kappa shape index (κ1) is 28.4. The number of carboxylic acid groups (broad SMARTS) is 1. The molecule has 0 spiro atoms. The smallest absolute Gasteiger partial charge is 0.309 e. The molecular weight excluding hydrogens is 561 g/mol. The van der Waals surface area contributed by atoms with Crippen molar-refractivity contribution >= 4 is 52.5 Å². The van der Waals surface area contributed by atoms with Crippen LogP contribution in [-0.4, -0.2) is 50.0 Å². The lowest BCUT2D eigenvalue weighted by atomic mass is 9.74. The van der Waals surface area contributed by atoms with Crippen LogP contribution in [0.2, 0.25) is 15.2 Å². The molecule has 0 aliphatic heterocycles. The number of hydrogen-bond acceptors (Lipinski definition) is 4. The van der Waals surface area contributed by atoms with Gasteiger partial charge in [0.15, 0.2) is 5.78 Å². The van der Waals surface area contributed by atoms with Gasteiger partial charge in [0.05, 0.1) is 45.4 Å². The van der Waals surface area contributed by atoms with E-state index in [9.17, 15) is 19.5 Å². The number of benzene rings is 1. The van der Waals surface area contributed by atoms with Gasteiger partial charge in [-0.1, -0.05) is 48.7 Å². The molecule has 1 heterocycles. The molecule has 3 aliphatic rings. The maximum absolute atomic E-state index is 14.0. The van der Waals surface area contributed by atoms with Crippen molar-refractivity contribution in [1.82, 2.24) is 14.7 Å². The third-order valence-corrected chi connectivity index (χ3v) is 10.7. The highest BCUT2D eigenvalue weighted by molar-refractivity contribution is 6.40. The Morgan fingerprint density at radius 2 is 1.62 bits per heavy atom. The average molecular weight is 595 g/mol. The molecule has 2 aromatic rings. The van der Waals surface area contributed by atoms with Gasteiger partial charge in [-0.25, -0.2) is 0 Å². The minimum atomic E-state index is -0.796. The van der Waals surface area contributed by atoms with E-state index < -0.39 is 11.4 Å². The van der Waals surface area contributed by atoms with Gasteiger partial charge in [-0.3, -0.25) is 19.1 Å². The number of aliphatic carboxylic acids is 1. The second-order valence-corrected chi connectivity index (χ2v) is 13.7. The first-order valence-corrected chi connectivity index (χ1v) is 14.6. The zero-order valence-electron chi connectivity index (χ0n) is 22.6. The number of halogens is 3. The Balaban J connectivity index is 1.40. The molecule has 0 radical (unpaired) electrons. The van der Waals surface area contributed by atoms with Crippen molar-refractivity contribution in [3.63, 3.8) is 0 Å². The summed E-state index contributed by atoms with van der Waals surface area (Å²) in [6, 6.07) is 3.20. The fourth-order valence-electron chi connectivity index (χ4n) is 6.90. The van der Waals surface area contributed by atoms with E-state index in [2.05, 4.69) is 18.9 Å². The predicted octanol–water partition coefficient (Wildman–Crippen LogP) is 7.12. The highest BCUT2D eigenvalue weighted by atomic mass is 35.5. The van der Waals surface area contributed by atoms with Crippen molar-refractivity contribution in [2.24, 2.45) is 22.7 Å². The zero-order chi connectivity index (χ0) is 28.4. The molecule has 210 valence electrons. The van der Waals surface area contributed by atoms with Gasteiger partial charge in [0.25, 0.3) is 5.91 Å². The van der Waals surface area contributed by atoms with Crippen LogP contribution in [0.1, 0.15) is 91.6 Å². The normalized spacial score (nSPS) is 29.1. The number of aryl methyl sites for hydroxylation is 1. The molecule has 39 heavy (non-hydrogen) atoms. The van der Waals surface area contributed by atoms with Crippen LogP contribution in [0.15, 0.2) is 18.3 Å². The highest BCUT2D eigenvalue weighted by Gasteiger charge is 2.63. The Labute approximate surface area is 243 Å². The summed E-state index contributed by atoms with van der Waals surface area (Å²) in [4.78, 5) is 40.8. The van der Waals surface area contributed by atoms with Crippen molar-refractivity contribution < 1.29 is 19.5 Å². The number of carboxylic acids is 1. The van der Waals surface area contributed by atoms with E-state index in [1.165, 1.54) is 6.20 Å². The molecule has 3 aliphatic carbocycles. The number of carbonyl (C=O) groups excluding carboxylic acids is 2. The summed E-state index contributed by atoms with van der Waals surface area (Å²) in [5.41, 5.74) is 0.805. The maximum atomic E-state index is 14.0. The molecule has 5 rings (SSSR count). The number of rotatable bonds is 7. The van der Waals surface area contributed by atoms with E-state index in [1.54, 1.807) is 28.6 Å². The SMILES string of the molecule is Cc1cc(Cl)c(C(=O)CN(C(=O)c2cnn([C@H]3CC[C@](C)(C(=O)O)CC3)c2Cl)[C@H]2C[C@@H]3[C@H](C2)C3(C)C)c(Cl)c1. The lowest BCUT2D eigenvalue weighted by Gasteiger charge is -2.34. The van der Waals surface area contributed by atoms with Gasteiger partial charge < -0.3 is 10.0 Å². The molecule has 0 bridgehead atoms. The third-order valence-electron chi connectivity index (χ3n) is 9.71. The Morgan fingerprint density at radius 1 is 1.05 bits per heavy atom. The van der Waals surface area contributed by atoms with Gasteiger partial charge in [0, 0.05) is 6.04 Å². The van der Waals surface area contributed by atoms with E-state index >= 15 is 0 Å². The van der Waals surface area contributed by atoms with Gasteiger partial charge in [-0.05, 0) is 87.3 Å². The number of fused-ring (bicyclic) bond motifs is 1. The van der Waals surface area contributed by atoms with Crippen molar-refractivity contribution in [3.8, 4) is 0 Å². The summed E-state index contributed by atoms with van der Waals surface area (Å²) in [7, 11) is 0. The van der Waals surface area contributed by atoms with Crippen LogP contribution in [0.25, 0.3) is 0 Å². The predicted molar refractivity (Wildman–Crippen MR) is 151 cm³/mol. The summed E-state index contributed by atoms with van der Waals surface area (Å²) in [5.74, 6) is -0.418. The number of ketones is 1. The van der Waals surface area contributed by atoms with Crippen molar-refractivity contribution in [1.29, 1.82) is 0 Å². The van der Waals surface area contributed by atoms with Gasteiger partial charge in [0.1, 0.15) is 5.15 Å². The van der Waals surface area contributed by atoms with Crippen LogP contribution in [0.5, 0.6) is 0 Å². The van der Waals surface area contributed by atoms with Crippen LogP contribution < -0.4 is 0 Å². The van der Waals surface area contributed by atoms with E-state index in [0.717, 1.165) is 18.4 Å². The van der Waals surface area contributed by atoms with Crippen LogP contribution in [0.4, 0.5) is 0 Å². The van der Waals surface area contributed by atoms with Crippen LogP contribution in [0, 0.1) is 29.6 Å². The molecule has 1 N–H and O–H groups in total. The summed E-state index contributed by atoms with van der Waals surface area (Å²) in [6.07, 6.45) is 5.34. The molecule has 10 heteroatoms. The third kappa shape index (κ3) is 5.00. The monoisotopic (exact) mass is 593 g/mol. The molecule has 1 amide bonds. The zero-order valence-corrected chi connectivity index (χ0v) is 24.9. The number of carbonyl (C=O) groups is 3. The second-order valence-electron chi connectivity index (χ2n) is 12.5. The van der Waals surface area contributed by atoms with Crippen molar-refractivity contribution in [2.45, 2.75) is 78.3 Å². The van der Waals surface area contributed by atoms with Crippen molar-refractivity contribution in [3.05, 3.63) is 50.2 Å². The first-order valence-electron chi connectivity index (χ1n) is 13.5. The van der Waals surface area contributed by atoms with Crippen LogP contribution >= 0.6 is 34.8 Å². The topological polar surface area (TPSA) is 92.5 Å². The fraction of sp³-hybridized carbons (Fsp3) is 0.586. The van der Waals surface area contributed by atoms with Gasteiger partial charge in [-0.15, -0.1) is 0 Å². The summed E-state index contributed by atoms with van der Waals surface area (Å²) in [6.45, 7) is 7.96. The lowest BCUT2D eigenvalue weighted by Crippen LogP contribution is -2.43.